The van der Waals surface area contributed by atoms with Crippen molar-refractivity contribution in [2.45, 2.75) is 12.5 Å². The lowest BCUT2D eigenvalue weighted by molar-refractivity contribution is -0.137. The molecular formula is C9H16N4O4. The number of carboxylic acids is 1. The van der Waals surface area contributed by atoms with Gasteiger partial charge in [0.2, 0.25) is 5.91 Å². The van der Waals surface area contributed by atoms with E-state index in [-0.39, 0.29) is 18.6 Å². The van der Waals surface area contributed by atoms with Gasteiger partial charge in [0.1, 0.15) is 6.54 Å². The lowest BCUT2D eigenvalue weighted by Gasteiger charge is -2.16. The molecule has 1 heterocycles. The molecule has 1 rings (SSSR count). The van der Waals surface area contributed by atoms with Crippen LogP contribution in [0.4, 0.5) is 4.79 Å². The molecule has 0 aromatic carbocycles. The summed E-state index contributed by atoms with van der Waals surface area (Å²) in [5, 5.41) is 12.9. The monoisotopic (exact) mass is 244 g/mol. The highest BCUT2D eigenvalue weighted by molar-refractivity contribution is 5.86. The van der Waals surface area contributed by atoms with Gasteiger partial charge >= 0.3 is 12.0 Å². The molecule has 5 N–H and O–H groups in total. The van der Waals surface area contributed by atoms with Crippen molar-refractivity contribution in [1.82, 2.24) is 15.5 Å². The first-order valence-corrected chi connectivity index (χ1v) is 5.26. The van der Waals surface area contributed by atoms with Gasteiger partial charge in [-0.1, -0.05) is 0 Å². The van der Waals surface area contributed by atoms with Gasteiger partial charge < -0.3 is 26.4 Å². The number of likely N-dealkylation sites (tertiary alicyclic amines) is 1. The number of aliphatic carboxylic acids is 1. The standard InChI is InChI=1S/C9H16N4O4/c10-6-1-2-13(5-6)9(17)12-3-7(14)11-4-8(15)16/h6H,1-5,10H2,(H,11,14)(H,12,17)(H,15,16). The Labute approximate surface area is 98.1 Å². The van der Waals surface area contributed by atoms with Crippen LogP contribution >= 0.6 is 0 Å². The van der Waals surface area contributed by atoms with E-state index in [0.717, 1.165) is 6.42 Å². The first-order valence-electron chi connectivity index (χ1n) is 5.26. The van der Waals surface area contributed by atoms with Crippen LogP contribution in [0.3, 0.4) is 0 Å². The Morgan fingerprint density at radius 1 is 1.29 bits per heavy atom. The van der Waals surface area contributed by atoms with Crippen molar-refractivity contribution in [3.8, 4) is 0 Å². The maximum Gasteiger partial charge on any atom is 0.322 e. The SMILES string of the molecule is NC1CCN(C(=O)NCC(=O)NCC(=O)O)C1. The van der Waals surface area contributed by atoms with Crippen LogP contribution in [-0.2, 0) is 9.59 Å². The first kappa shape index (κ1) is 13.2. The minimum atomic E-state index is -1.13. The maximum atomic E-state index is 11.5. The van der Waals surface area contributed by atoms with E-state index in [9.17, 15) is 14.4 Å². The zero-order chi connectivity index (χ0) is 12.8. The largest absolute Gasteiger partial charge is 0.480 e. The Hall–Kier alpha value is -1.83. The molecule has 3 amide bonds. The summed E-state index contributed by atoms with van der Waals surface area (Å²) in [6.07, 6.45) is 0.749. The summed E-state index contributed by atoms with van der Waals surface area (Å²) in [4.78, 5) is 34.3. The zero-order valence-electron chi connectivity index (χ0n) is 9.31. The third-order valence-electron chi connectivity index (χ3n) is 2.35. The third-order valence-corrected chi connectivity index (χ3v) is 2.35. The Morgan fingerprint density at radius 2 is 2.00 bits per heavy atom. The van der Waals surface area contributed by atoms with Crippen LogP contribution in [-0.4, -0.2) is 60.1 Å². The fraction of sp³-hybridized carbons (Fsp3) is 0.667. The summed E-state index contributed by atoms with van der Waals surface area (Å²) in [6.45, 7) is 0.355. The number of hydrogen-bond donors (Lipinski definition) is 4. The second kappa shape index (κ2) is 6.04. The lowest BCUT2D eigenvalue weighted by Crippen LogP contribution is -2.44. The van der Waals surface area contributed by atoms with E-state index in [1.807, 2.05) is 0 Å². The van der Waals surface area contributed by atoms with Crippen LogP contribution in [0.1, 0.15) is 6.42 Å². The third kappa shape index (κ3) is 4.68. The molecule has 1 fully saturated rings. The minimum Gasteiger partial charge on any atom is -0.480 e. The summed E-state index contributed by atoms with van der Waals surface area (Å²) in [6, 6.07) is -0.370. The van der Waals surface area contributed by atoms with Gasteiger partial charge in [0.05, 0.1) is 6.54 Å². The molecule has 1 aliphatic heterocycles. The molecule has 1 atom stereocenters. The van der Waals surface area contributed by atoms with Crippen molar-refractivity contribution >= 4 is 17.9 Å². The minimum absolute atomic E-state index is 0.0124. The summed E-state index contributed by atoms with van der Waals surface area (Å²) in [7, 11) is 0. The topological polar surface area (TPSA) is 125 Å². The van der Waals surface area contributed by atoms with Crippen LogP contribution in [0.25, 0.3) is 0 Å². The van der Waals surface area contributed by atoms with E-state index in [1.165, 1.54) is 4.90 Å². The molecule has 8 heteroatoms. The fourth-order valence-electron chi connectivity index (χ4n) is 1.48. The summed E-state index contributed by atoms with van der Waals surface area (Å²) in [5.74, 6) is -1.67. The number of nitrogens with zero attached hydrogens (tertiary/aromatic N) is 1. The summed E-state index contributed by atoms with van der Waals surface area (Å²) >= 11 is 0. The molecule has 0 spiro atoms. The number of hydrogen-bond acceptors (Lipinski definition) is 4. The molecule has 8 nitrogen and oxygen atoms in total. The predicted octanol–water partition coefficient (Wildman–Crippen LogP) is -2.07. The number of carbonyl (C=O) groups is 3. The first-order chi connectivity index (χ1) is 7.99. The number of urea groups is 1. The van der Waals surface area contributed by atoms with Gasteiger partial charge in [-0.25, -0.2) is 4.79 Å². The van der Waals surface area contributed by atoms with E-state index in [2.05, 4.69) is 10.6 Å². The second-order valence-corrected chi connectivity index (χ2v) is 3.82. The summed E-state index contributed by atoms with van der Waals surface area (Å²) < 4.78 is 0. The molecule has 1 aliphatic rings. The molecule has 0 bridgehead atoms. The highest BCUT2D eigenvalue weighted by Crippen LogP contribution is 2.06. The van der Waals surface area contributed by atoms with Gasteiger partial charge in [-0.3, -0.25) is 9.59 Å². The van der Waals surface area contributed by atoms with E-state index in [4.69, 9.17) is 10.8 Å². The van der Waals surface area contributed by atoms with E-state index in [0.29, 0.717) is 13.1 Å². The number of carbonyl (C=O) groups excluding carboxylic acids is 2. The lowest BCUT2D eigenvalue weighted by atomic mass is 10.3. The number of carboxylic acid groups (broad SMARTS) is 1. The van der Waals surface area contributed by atoms with Gasteiger partial charge in [-0.05, 0) is 6.42 Å². The molecule has 1 saturated heterocycles. The molecule has 1 unspecified atom stereocenters. The molecule has 0 saturated carbocycles. The highest BCUT2D eigenvalue weighted by atomic mass is 16.4. The van der Waals surface area contributed by atoms with Gasteiger partial charge in [0, 0.05) is 19.1 Å². The van der Waals surface area contributed by atoms with E-state index >= 15 is 0 Å². The van der Waals surface area contributed by atoms with Crippen molar-refractivity contribution in [2.24, 2.45) is 5.73 Å². The van der Waals surface area contributed by atoms with Crippen LogP contribution in [0, 0.1) is 0 Å². The average molecular weight is 244 g/mol. The molecule has 96 valence electrons. The number of nitrogens with two attached hydrogens (primary N) is 1. The van der Waals surface area contributed by atoms with Crippen LogP contribution in [0.2, 0.25) is 0 Å². The van der Waals surface area contributed by atoms with Crippen molar-refractivity contribution in [1.29, 1.82) is 0 Å². The molecule has 0 radical (unpaired) electrons. The van der Waals surface area contributed by atoms with Gasteiger partial charge in [-0.2, -0.15) is 0 Å². The predicted molar refractivity (Wildman–Crippen MR) is 58.2 cm³/mol. The summed E-state index contributed by atoms with van der Waals surface area (Å²) in [5.41, 5.74) is 5.63. The fourth-order valence-corrected chi connectivity index (χ4v) is 1.48. The Kier molecular flexibility index (Phi) is 4.70. The zero-order valence-corrected chi connectivity index (χ0v) is 9.31. The van der Waals surface area contributed by atoms with Crippen LogP contribution in [0.5, 0.6) is 0 Å². The Morgan fingerprint density at radius 3 is 2.53 bits per heavy atom. The van der Waals surface area contributed by atoms with E-state index in [1.54, 1.807) is 0 Å². The quantitative estimate of drug-likeness (QED) is 0.452. The smallest absolute Gasteiger partial charge is 0.322 e. The number of rotatable bonds is 4. The molecular weight excluding hydrogens is 228 g/mol. The number of amides is 3. The second-order valence-electron chi connectivity index (χ2n) is 3.82. The molecule has 17 heavy (non-hydrogen) atoms. The Balaban J connectivity index is 2.19. The van der Waals surface area contributed by atoms with Gasteiger partial charge in [0.15, 0.2) is 0 Å². The van der Waals surface area contributed by atoms with Crippen LogP contribution in [0.15, 0.2) is 0 Å². The Bertz CT molecular complexity index is 320. The van der Waals surface area contributed by atoms with Crippen molar-refractivity contribution < 1.29 is 19.5 Å². The molecule has 0 aliphatic carbocycles. The molecule has 0 aromatic rings. The van der Waals surface area contributed by atoms with E-state index < -0.39 is 18.4 Å². The maximum absolute atomic E-state index is 11.5. The van der Waals surface area contributed by atoms with Gasteiger partial charge in [-0.15, -0.1) is 0 Å². The average Bonchev–Trinajstić information content (AvgIpc) is 2.70. The highest BCUT2D eigenvalue weighted by Gasteiger charge is 2.23. The van der Waals surface area contributed by atoms with Crippen molar-refractivity contribution in [3.63, 3.8) is 0 Å². The number of nitrogens with one attached hydrogen (secondary N) is 2. The van der Waals surface area contributed by atoms with Crippen molar-refractivity contribution in [3.05, 3.63) is 0 Å². The van der Waals surface area contributed by atoms with Crippen molar-refractivity contribution in [2.75, 3.05) is 26.2 Å². The molecule has 0 aromatic heterocycles. The van der Waals surface area contributed by atoms with Gasteiger partial charge in [0.25, 0.3) is 0 Å². The normalized spacial score (nSPS) is 18.9. The van der Waals surface area contributed by atoms with Crippen LogP contribution < -0.4 is 16.4 Å².